The van der Waals surface area contributed by atoms with E-state index in [4.69, 9.17) is 9.72 Å². The SMILES string of the molecule is Cc1cc(-c2cnc3c(ccn3S(=O)(=O)C3(C)C=CC=C(c4ccc(C(=O)N(C)C)cc4)C3)c2)cc2c1CN(CCC(=O)OC(C)(C)C)CC2. The molecule has 10 heteroatoms. The van der Waals surface area contributed by atoms with Gasteiger partial charge in [0.05, 0.1) is 6.42 Å². The third-order valence-corrected chi connectivity index (χ3v) is 11.8. The lowest BCUT2D eigenvalue weighted by Crippen LogP contribution is -2.38. The summed E-state index contributed by atoms with van der Waals surface area (Å²) in [5.41, 5.74) is 7.97. The van der Waals surface area contributed by atoms with Crippen LogP contribution in [0.3, 0.4) is 0 Å². The Balaban J connectivity index is 1.19. The van der Waals surface area contributed by atoms with E-state index in [2.05, 4.69) is 24.0 Å². The number of carbonyl (C=O) groups excluding carboxylic acids is 2. The zero-order chi connectivity index (χ0) is 36.0. The van der Waals surface area contributed by atoms with Gasteiger partial charge < -0.3 is 9.64 Å². The van der Waals surface area contributed by atoms with Crippen LogP contribution >= 0.6 is 0 Å². The van der Waals surface area contributed by atoms with Gasteiger partial charge in [0.1, 0.15) is 10.3 Å². The third-order valence-electron chi connectivity index (χ3n) is 9.57. The van der Waals surface area contributed by atoms with Gasteiger partial charge >= 0.3 is 5.97 Å². The Labute approximate surface area is 295 Å². The lowest BCUT2D eigenvalue weighted by Gasteiger charge is -2.30. The average Bonchev–Trinajstić information content (AvgIpc) is 3.50. The van der Waals surface area contributed by atoms with Gasteiger partial charge in [-0.15, -0.1) is 0 Å². The Morgan fingerprint density at radius 3 is 2.46 bits per heavy atom. The number of hydrogen-bond donors (Lipinski definition) is 0. The minimum Gasteiger partial charge on any atom is -0.460 e. The number of aromatic nitrogens is 2. The van der Waals surface area contributed by atoms with Crippen molar-refractivity contribution in [3.63, 3.8) is 0 Å². The Hall–Kier alpha value is -4.54. The molecule has 262 valence electrons. The summed E-state index contributed by atoms with van der Waals surface area (Å²) in [6, 6.07) is 15.5. The van der Waals surface area contributed by atoms with Gasteiger partial charge in [-0.2, -0.15) is 0 Å². The molecule has 1 atom stereocenters. The molecule has 1 aliphatic carbocycles. The molecule has 1 unspecified atom stereocenters. The van der Waals surface area contributed by atoms with Crippen LogP contribution in [0, 0.1) is 6.92 Å². The highest BCUT2D eigenvalue weighted by Crippen LogP contribution is 2.38. The number of amides is 1. The number of allylic oxidation sites excluding steroid dienone is 3. The first-order valence-electron chi connectivity index (χ1n) is 17.0. The average molecular weight is 695 g/mol. The highest BCUT2D eigenvalue weighted by atomic mass is 32.2. The van der Waals surface area contributed by atoms with Crippen molar-refractivity contribution in [1.29, 1.82) is 0 Å². The largest absolute Gasteiger partial charge is 0.460 e. The first kappa shape index (κ1) is 35.3. The lowest BCUT2D eigenvalue weighted by atomic mass is 9.90. The number of fused-ring (bicyclic) bond motifs is 2. The normalized spacial score (nSPS) is 18.1. The molecule has 0 radical (unpaired) electrons. The molecule has 1 amide bonds. The maximum absolute atomic E-state index is 14.3. The van der Waals surface area contributed by atoms with Crippen LogP contribution in [0.25, 0.3) is 27.7 Å². The lowest BCUT2D eigenvalue weighted by molar-refractivity contribution is -0.155. The van der Waals surface area contributed by atoms with Crippen molar-refractivity contribution in [3.8, 4) is 11.1 Å². The molecule has 1 aliphatic heterocycles. The number of pyridine rings is 1. The summed E-state index contributed by atoms with van der Waals surface area (Å²) >= 11 is 0. The van der Waals surface area contributed by atoms with E-state index in [0.717, 1.165) is 47.2 Å². The molecule has 2 aromatic carbocycles. The van der Waals surface area contributed by atoms with E-state index < -0.39 is 20.4 Å². The zero-order valence-corrected chi connectivity index (χ0v) is 30.8. The van der Waals surface area contributed by atoms with Crippen LogP contribution < -0.4 is 0 Å². The monoisotopic (exact) mass is 694 g/mol. The van der Waals surface area contributed by atoms with Gasteiger partial charge in [0.25, 0.3) is 5.91 Å². The molecular weight excluding hydrogens is 649 g/mol. The van der Waals surface area contributed by atoms with E-state index in [-0.39, 0.29) is 18.3 Å². The molecule has 0 saturated heterocycles. The number of nitrogens with zero attached hydrogens (tertiary/aromatic N) is 4. The van der Waals surface area contributed by atoms with Crippen LogP contribution in [0.5, 0.6) is 0 Å². The minimum absolute atomic E-state index is 0.0847. The summed E-state index contributed by atoms with van der Waals surface area (Å²) in [6.07, 6.45) is 10.3. The van der Waals surface area contributed by atoms with Crippen molar-refractivity contribution >= 4 is 38.5 Å². The van der Waals surface area contributed by atoms with Crippen molar-refractivity contribution in [2.45, 2.75) is 70.8 Å². The molecule has 0 fully saturated rings. The molecule has 6 rings (SSSR count). The van der Waals surface area contributed by atoms with Gasteiger partial charge in [0, 0.05) is 62.6 Å². The van der Waals surface area contributed by atoms with E-state index in [9.17, 15) is 18.0 Å². The van der Waals surface area contributed by atoms with E-state index in [1.54, 1.807) is 57.7 Å². The number of hydrogen-bond acceptors (Lipinski definition) is 7. The summed E-state index contributed by atoms with van der Waals surface area (Å²) in [7, 11) is -0.484. The number of esters is 1. The molecule has 0 spiro atoms. The number of benzene rings is 2. The second-order valence-corrected chi connectivity index (χ2v) is 17.1. The maximum atomic E-state index is 14.3. The number of carbonyl (C=O) groups is 2. The quantitative estimate of drug-likeness (QED) is 0.187. The summed E-state index contributed by atoms with van der Waals surface area (Å²) in [4.78, 5) is 33.2. The van der Waals surface area contributed by atoms with Crippen LogP contribution in [0.4, 0.5) is 0 Å². The van der Waals surface area contributed by atoms with Gasteiger partial charge in [0.15, 0.2) is 5.65 Å². The molecule has 0 saturated carbocycles. The fourth-order valence-electron chi connectivity index (χ4n) is 6.82. The molecule has 2 aromatic heterocycles. The van der Waals surface area contributed by atoms with Crippen molar-refractivity contribution in [1.82, 2.24) is 18.8 Å². The minimum atomic E-state index is -3.91. The molecule has 2 aliphatic rings. The summed E-state index contributed by atoms with van der Waals surface area (Å²) in [5, 5.41) is 0.745. The molecule has 4 aromatic rings. The second-order valence-electron chi connectivity index (χ2n) is 14.9. The summed E-state index contributed by atoms with van der Waals surface area (Å²) < 4.78 is 34.1. The number of aryl methyl sites for hydroxylation is 1. The zero-order valence-electron chi connectivity index (χ0n) is 30.0. The predicted molar refractivity (Wildman–Crippen MR) is 198 cm³/mol. The third kappa shape index (κ3) is 7.04. The van der Waals surface area contributed by atoms with Gasteiger partial charge in [-0.25, -0.2) is 17.4 Å². The van der Waals surface area contributed by atoms with Crippen LogP contribution in [0.15, 0.2) is 79.2 Å². The molecule has 50 heavy (non-hydrogen) atoms. The van der Waals surface area contributed by atoms with Crippen LogP contribution in [-0.2, 0) is 32.5 Å². The maximum Gasteiger partial charge on any atom is 0.307 e. The Bertz CT molecular complexity index is 2140. The highest BCUT2D eigenvalue weighted by Gasteiger charge is 2.41. The summed E-state index contributed by atoms with van der Waals surface area (Å²) in [6.45, 7) is 11.8. The highest BCUT2D eigenvalue weighted by molar-refractivity contribution is 7.91. The first-order chi connectivity index (χ1) is 23.5. The predicted octanol–water partition coefficient (Wildman–Crippen LogP) is 6.78. The van der Waals surface area contributed by atoms with Crippen molar-refractivity contribution < 1.29 is 22.7 Å². The van der Waals surface area contributed by atoms with Crippen molar-refractivity contribution in [3.05, 3.63) is 107 Å². The summed E-state index contributed by atoms with van der Waals surface area (Å²) in [5.74, 6) is -0.259. The van der Waals surface area contributed by atoms with Gasteiger partial charge in [-0.3, -0.25) is 14.5 Å². The smallest absolute Gasteiger partial charge is 0.307 e. The Morgan fingerprint density at radius 2 is 1.76 bits per heavy atom. The molecule has 0 bridgehead atoms. The standard InChI is InChI=1S/C40H46N4O5S/c1-27-21-33(22-30-14-18-43(26-35(27)30)19-16-36(45)49-39(2,3)4)34-23-31-15-20-44(37(31)41-25-34)50(47,48)40(5)17-8-9-32(24-40)28-10-12-29(13-11-28)38(46)42(6)7/h8-13,15,17,20-23,25H,14,16,18-19,24,26H2,1-7H3. The second kappa shape index (κ2) is 13.3. The van der Waals surface area contributed by atoms with Crippen molar-refractivity contribution in [2.75, 3.05) is 27.2 Å². The van der Waals surface area contributed by atoms with Crippen LogP contribution in [0.2, 0.25) is 0 Å². The van der Waals surface area contributed by atoms with E-state index in [0.29, 0.717) is 24.2 Å². The fraction of sp³-hybridized carbons (Fsp3) is 0.375. The van der Waals surface area contributed by atoms with Crippen LogP contribution in [-0.4, -0.2) is 76.6 Å². The fourth-order valence-corrected chi connectivity index (χ4v) is 8.46. The molecule has 0 N–H and O–H groups in total. The first-order valence-corrected chi connectivity index (χ1v) is 18.5. The molecular formula is C40H46N4O5S. The van der Waals surface area contributed by atoms with Gasteiger partial charge in [0.2, 0.25) is 10.0 Å². The van der Waals surface area contributed by atoms with E-state index in [1.807, 2.05) is 51.1 Å². The molecule has 3 heterocycles. The molecule has 9 nitrogen and oxygen atoms in total. The van der Waals surface area contributed by atoms with Gasteiger partial charge in [-0.1, -0.05) is 42.5 Å². The van der Waals surface area contributed by atoms with Gasteiger partial charge in [-0.05, 0) is 105 Å². The Kier molecular flexibility index (Phi) is 9.39. The van der Waals surface area contributed by atoms with E-state index in [1.165, 1.54) is 25.6 Å². The topological polar surface area (TPSA) is 102 Å². The number of rotatable bonds is 8. The number of ether oxygens (including phenoxy) is 1. The van der Waals surface area contributed by atoms with Crippen molar-refractivity contribution in [2.24, 2.45) is 0 Å². The van der Waals surface area contributed by atoms with E-state index >= 15 is 0 Å². The van der Waals surface area contributed by atoms with Crippen LogP contribution in [0.1, 0.15) is 73.1 Å². The Morgan fingerprint density at radius 1 is 1.02 bits per heavy atom.